The summed E-state index contributed by atoms with van der Waals surface area (Å²) in [5, 5.41) is 1.82. The predicted molar refractivity (Wildman–Crippen MR) is 111 cm³/mol. The molecule has 0 unspecified atom stereocenters. The Bertz CT molecular complexity index is 1190. The lowest BCUT2D eigenvalue weighted by atomic mass is 9.91. The molecular formula is C24H21NO3. The van der Waals surface area contributed by atoms with Gasteiger partial charge in [-0.1, -0.05) is 36.9 Å². The van der Waals surface area contributed by atoms with Crippen LogP contribution in [0.1, 0.15) is 18.1 Å². The van der Waals surface area contributed by atoms with Crippen LogP contribution in [0.3, 0.4) is 0 Å². The van der Waals surface area contributed by atoms with E-state index in [0.29, 0.717) is 5.75 Å². The van der Waals surface area contributed by atoms with E-state index in [1.165, 1.54) is 6.92 Å². The molecule has 0 aliphatic carbocycles. The lowest BCUT2D eigenvalue weighted by Gasteiger charge is -2.24. The summed E-state index contributed by atoms with van der Waals surface area (Å²) in [5.74, 6) is 1.68. The molecule has 0 saturated heterocycles. The molecule has 0 amide bonds. The highest BCUT2D eigenvalue weighted by Gasteiger charge is 2.23. The molecule has 0 saturated carbocycles. The van der Waals surface area contributed by atoms with Crippen molar-refractivity contribution in [2.45, 2.75) is 6.92 Å². The highest BCUT2D eigenvalue weighted by atomic mass is 16.5. The molecule has 1 aliphatic heterocycles. The molecule has 0 bridgehead atoms. The van der Waals surface area contributed by atoms with Crippen LogP contribution in [0.2, 0.25) is 0 Å². The third kappa shape index (κ3) is 3.14. The van der Waals surface area contributed by atoms with Gasteiger partial charge in [0.25, 0.3) is 0 Å². The molecule has 0 spiro atoms. The van der Waals surface area contributed by atoms with E-state index in [-0.39, 0.29) is 5.97 Å². The van der Waals surface area contributed by atoms with Crippen LogP contribution in [0.25, 0.3) is 12.2 Å². The van der Waals surface area contributed by atoms with Crippen LogP contribution in [0.15, 0.2) is 60.7 Å². The molecule has 0 N–H and O–H groups in total. The minimum absolute atomic E-state index is 0.350. The minimum atomic E-state index is -0.350. The van der Waals surface area contributed by atoms with Crippen molar-refractivity contribution in [1.29, 1.82) is 0 Å². The van der Waals surface area contributed by atoms with Crippen molar-refractivity contribution < 1.29 is 14.3 Å². The van der Waals surface area contributed by atoms with Gasteiger partial charge in [-0.15, -0.1) is 0 Å². The molecule has 0 radical (unpaired) electrons. The van der Waals surface area contributed by atoms with E-state index >= 15 is 0 Å². The third-order valence-corrected chi connectivity index (χ3v) is 4.70. The maximum absolute atomic E-state index is 11.6. The van der Waals surface area contributed by atoms with Crippen LogP contribution in [0.5, 0.6) is 17.2 Å². The number of anilines is 1. The van der Waals surface area contributed by atoms with Crippen molar-refractivity contribution in [2.24, 2.45) is 0 Å². The van der Waals surface area contributed by atoms with Crippen molar-refractivity contribution in [3.05, 3.63) is 82.2 Å². The van der Waals surface area contributed by atoms with Gasteiger partial charge in [0.05, 0.1) is 0 Å². The Hall–Kier alpha value is -3.53. The number of hydrogen-bond acceptors (Lipinski definition) is 4. The average Bonchev–Trinajstić information content (AvgIpc) is 2.65. The van der Waals surface area contributed by atoms with Crippen LogP contribution in [-0.2, 0) is 4.79 Å². The molecule has 1 heterocycles. The summed E-state index contributed by atoms with van der Waals surface area (Å²) in [6.45, 7) is 5.43. The summed E-state index contributed by atoms with van der Waals surface area (Å²) in [4.78, 5) is 13.7. The minimum Gasteiger partial charge on any atom is -0.456 e. The monoisotopic (exact) mass is 371 g/mol. The van der Waals surface area contributed by atoms with Gasteiger partial charge < -0.3 is 14.4 Å². The molecule has 140 valence electrons. The van der Waals surface area contributed by atoms with E-state index in [1.807, 2.05) is 73.6 Å². The van der Waals surface area contributed by atoms with Gasteiger partial charge in [-0.2, -0.15) is 0 Å². The number of benzene rings is 3. The van der Waals surface area contributed by atoms with E-state index in [1.54, 1.807) is 0 Å². The van der Waals surface area contributed by atoms with Gasteiger partial charge in [0, 0.05) is 54.7 Å². The number of nitrogens with zero attached hydrogens (tertiary/aromatic N) is 1. The fourth-order valence-corrected chi connectivity index (χ4v) is 3.41. The second kappa shape index (κ2) is 6.89. The number of carbonyl (C=O) groups excluding carboxylic acids is 1. The first-order valence-corrected chi connectivity index (χ1v) is 9.05. The lowest BCUT2D eigenvalue weighted by Crippen LogP contribution is -2.20. The second-order valence-electron chi connectivity index (χ2n) is 6.97. The molecule has 3 aromatic carbocycles. The molecule has 0 aromatic heterocycles. The first-order valence-electron chi connectivity index (χ1n) is 9.05. The van der Waals surface area contributed by atoms with Crippen LogP contribution >= 0.6 is 0 Å². The summed E-state index contributed by atoms with van der Waals surface area (Å²) in [6.07, 6.45) is 0. The second-order valence-corrected chi connectivity index (χ2v) is 6.97. The first-order chi connectivity index (χ1) is 13.4. The number of para-hydroxylation sites is 1. The third-order valence-electron chi connectivity index (χ3n) is 4.70. The Labute approximate surface area is 163 Å². The smallest absolute Gasteiger partial charge is 0.308 e. The summed E-state index contributed by atoms with van der Waals surface area (Å²) >= 11 is 0. The van der Waals surface area contributed by atoms with Crippen molar-refractivity contribution in [2.75, 3.05) is 19.0 Å². The maximum atomic E-state index is 11.6. The summed E-state index contributed by atoms with van der Waals surface area (Å²) in [6, 6.07) is 19.6. The highest BCUT2D eigenvalue weighted by molar-refractivity contribution is 5.89. The van der Waals surface area contributed by atoms with Gasteiger partial charge in [-0.25, -0.2) is 0 Å². The van der Waals surface area contributed by atoms with Gasteiger partial charge in [0.15, 0.2) is 0 Å². The van der Waals surface area contributed by atoms with Crippen LogP contribution in [-0.4, -0.2) is 20.1 Å². The number of esters is 1. The van der Waals surface area contributed by atoms with Crippen molar-refractivity contribution in [3.63, 3.8) is 0 Å². The molecular weight excluding hydrogens is 350 g/mol. The fourth-order valence-electron chi connectivity index (χ4n) is 3.41. The number of hydrogen-bond donors (Lipinski definition) is 0. The largest absolute Gasteiger partial charge is 0.456 e. The maximum Gasteiger partial charge on any atom is 0.308 e. The summed E-state index contributed by atoms with van der Waals surface area (Å²) in [5.41, 5.74) is 3.81. The standard InChI is InChI=1S/C24H21NO3/c1-15-9-11-19-22(13-15)28-23-14-17(25(3)4)10-12-20(23)24(19)18-7-5-6-8-21(18)27-16(2)26/h5-14H,1H2,2-4H3. The van der Waals surface area contributed by atoms with E-state index < -0.39 is 0 Å². The van der Waals surface area contributed by atoms with Crippen molar-refractivity contribution >= 4 is 23.8 Å². The van der Waals surface area contributed by atoms with Crippen LogP contribution in [0.4, 0.5) is 5.69 Å². The van der Waals surface area contributed by atoms with Gasteiger partial charge >= 0.3 is 5.97 Å². The van der Waals surface area contributed by atoms with Gasteiger partial charge in [0.2, 0.25) is 0 Å². The van der Waals surface area contributed by atoms with E-state index in [9.17, 15) is 4.79 Å². The molecule has 0 fully saturated rings. The first kappa shape index (κ1) is 17.9. The molecule has 0 atom stereocenters. The Balaban J connectivity index is 2.06. The Morgan fingerprint density at radius 1 is 0.964 bits per heavy atom. The zero-order valence-corrected chi connectivity index (χ0v) is 16.2. The van der Waals surface area contributed by atoms with Crippen molar-refractivity contribution in [1.82, 2.24) is 0 Å². The summed E-state index contributed by atoms with van der Waals surface area (Å²) in [7, 11) is 3.99. The lowest BCUT2D eigenvalue weighted by molar-refractivity contribution is -0.131. The number of ether oxygens (including phenoxy) is 2. The fraction of sp³-hybridized carbons (Fsp3) is 0.125. The van der Waals surface area contributed by atoms with E-state index in [2.05, 4.69) is 12.6 Å². The van der Waals surface area contributed by atoms with Gasteiger partial charge in [0.1, 0.15) is 17.2 Å². The van der Waals surface area contributed by atoms with Crippen LogP contribution in [0, 0.1) is 0 Å². The van der Waals surface area contributed by atoms with E-state index in [4.69, 9.17) is 9.47 Å². The molecule has 28 heavy (non-hydrogen) atoms. The number of fused-ring (bicyclic) bond motifs is 2. The normalized spacial score (nSPS) is 11.9. The topological polar surface area (TPSA) is 38.8 Å². The molecule has 1 aliphatic rings. The zero-order chi connectivity index (χ0) is 19.8. The van der Waals surface area contributed by atoms with Crippen molar-refractivity contribution in [3.8, 4) is 17.2 Å². The molecule has 4 nitrogen and oxygen atoms in total. The number of rotatable bonds is 3. The zero-order valence-electron chi connectivity index (χ0n) is 16.2. The molecule has 4 rings (SSSR count). The van der Waals surface area contributed by atoms with Crippen LogP contribution < -0.4 is 24.8 Å². The quantitative estimate of drug-likeness (QED) is 0.409. The molecule has 3 aromatic rings. The number of carbonyl (C=O) groups is 1. The molecule has 4 heteroatoms. The van der Waals surface area contributed by atoms with Gasteiger partial charge in [-0.3, -0.25) is 4.79 Å². The Morgan fingerprint density at radius 2 is 1.75 bits per heavy atom. The Kier molecular flexibility index (Phi) is 4.40. The average molecular weight is 371 g/mol. The predicted octanol–water partition coefficient (Wildman–Crippen LogP) is 3.44. The SMILES string of the molecule is C=c1ccc2c(c1)Oc1cc(N(C)C)ccc1C=2c1ccccc1OC(C)=O. The summed E-state index contributed by atoms with van der Waals surface area (Å²) < 4.78 is 11.7. The van der Waals surface area contributed by atoms with E-state index in [0.717, 1.165) is 44.3 Å². The van der Waals surface area contributed by atoms with Gasteiger partial charge in [-0.05, 0) is 29.5 Å². The highest BCUT2D eigenvalue weighted by Crippen LogP contribution is 2.40. The Morgan fingerprint density at radius 3 is 2.50 bits per heavy atom.